The van der Waals surface area contributed by atoms with Gasteiger partial charge < -0.3 is 24.4 Å². The van der Waals surface area contributed by atoms with E-state index in [1.54, 1.807) is 7.11 Å². The van der Waals surface area contributed by atoms with Crippen molar-refractivity contribution in [1.82, 2.24) is 19.4 Å². The Labute approximate surface area is 226 Å². The Morgan fingerprint density at radius 2 is 1.68 bits per heavy atom. The fourth-order valence-corrected chi connectivity index (χ4v) is 5.30. The number of hydrogen-bond donors (Lipinski definition) is 1. The summed E-state index contributed by atoms with van der Waals surface area (Å²) in [5.41, 5.74) is 6.97. The van der Waals surface area contributed by atoms with Crippen LogP contribution in [-0.4, -0.2) is 59.8 Å². The normalized spacial score (nSPS) is 14.4. The molecule has 0 bridgehead atoms. The van der Waals surface area contributed by atoms with Crippen molar-refractivity contribution < 1.29 is 4.74 Å². The van der Waals surface area contributed by atoms with Crippen LogP contribution >= 0.6 is 0 Å². The summed E-state index contributed by atoms with van der Waals surface area (Å²) in [4.78, 5) is 14.7. The Hall–Kier alpha value is -3.58. The van der Waals surface area contributed by atoms with E-state index in [9.17, 15) is 0 Å². The summed E-state index contributed by atoms with van der Waals surface area (Å²) in [6, 6.07) is 17.3. The second-order valence-corrected chi connectivity index (χ2v) is 10.8. The van der Waals surface area contributed by atoms with Crippen molar-refractivity contribution in [1.29, 1.82) is 0 Å². The number of piperazine rings is 1. The number of likely N-dealkylation sites (N-methyl/N-ethyl adjacent to an activating group) is 1. The summed E-state index contributed by atoms with van der Waals surface area (Å²) in [6.45, 7) is 9.47. The molecule has 5 rings (SSSR count). The Bertz CT molecular complexity index is 1390. The van der Waals surface area contributed by atoms with Crippen LogP contribution < -0.4 is 15.0 Å². The molecule has 7 heteroatoms. The molecule has 1 fully saturated rings. The van der Waals surface area contributed by atoms with E-state index in [1.165, 1.54) is 16.8 Å². The molecule has 0 spiro atoms. The van der Waals surface area contributed by atoms with Crippen molar-refractivity contribution in [2.75, 3.05) is 50.6 Å². The molecule has 3 heterocycles. The second kappa shape index (κ2) is 11.4. The molecule has 1 aliphatic heterocycles. The molecule has 0 unspecified atom stereocenters. The smallest absolute Gasteiger partial charge is 0.154 e. The summed E-state index contributed by atoms with van der Waals surface area (Å²) in [6.07, 6.45) is 3.72. The fraction of sp³-hybridized carbons (Fsp3) is 0.419. The molecule has 2 aromatic carbocycles. The van der Waals surface area contributed by atoms with Crippen molar-refractivity contribution in [2.24, 2.45) is 13.0 Å². The van der Waals surface area contributed by atoms with Crippen LogP contribution in [0.3, 0.4) is 0 Å². The molecular formula is C31H40N6O. The molecule has 0 saturated carbocycles. The van der Waals surface area contributed by atoms with Crippen molar-refractivity contribution >= 4 is 22.5 Å². The number of hydrogen-bond acceptors (Lipinski definition) is 6. The van der Waals surface area contributed by atoms with Gasteiger partial charge in [0.2, 0.25) is 0 Å². The van der Waals surface area contributed by atoms with Crippen LogP contribution in [0.25, 0.3) is 11.0 Å². The quantitative estimate of drug-likeness (QED) is 0.336. The van der Waals surface area contributed by atoms with Crippen LogP contribution in [0.4, 0.5) is 11.5 Å². The largest absolute Gasteiger partial charge is 0.496 e. The van der Waals surface area contributed by atoms with Crippen molar-refractivity contribution in [3.63, 3.8) is 0 Å². The molecule has 38 heavy (non-hydrogen) atoms. The minimum atomic E-state index is 0.607. The summed E-state index contributed by atoms with van der Waals surface area (Å²) >= 11 is 0. The lowest BCUT2D eigenvalue weighted by Crippen LogP contribution is -2.44. The SMILES string of the molecule is COc1cc(N2CCN(C)CC2)ccc1Cc1nc(NCc2ccccc2CC(C)C)c2c(ccn2C)n1. The van der Waals surface area contributed by atoms with Crippen molar-refractivity contribution in [2.45, 2.75) is 33.2 Å². The Kier molecular flexibility index (Phi) is 7.84. The van der Waals surface area contributed by atoms with E-state index in [4.69, 9.17) is 14.7 Å². The lowest BCUT2D eigenvalue weighted by Gasteiger charge is -2.34. The van der Waals surface area contributed by atoms with E-state index < -0.39 is 0 Å². The highest BCUT2D eigenvalue weighted by Gasteiger charge is 2.18. The van der Waals surface area contributed by atoms with E-state index in [2.05, 4.69) is 89.1 Å². The first kappa shape index (κ1) is 26.0. The van der Waals surface area contributed by atoms with Gasteiger partial charge in [0, 0.05) is 69.7 Å². The zero-order valence-electron chi connectivity index (χ0n) is 23.4. The van der Waals surface area contributed by atoms with Gasteiger partial charge in [-0.2, -0.15) is 0 Å². The highest BCUT2D eigenvalue weighted by molar-refractivity contribution is 5.86. The van der Waals surface area contributed by atoms with Crippen LogP contribution in [0.1, 0.15) is 36.4 Å². The molecule has 2 aromatic heterocycles. The molecule has 1 N–H and O–H groups in total. The summed E-state index contributed by atoms with van der Waals surface area (Å²) < 4.78 is 7.92. The standard InChI is InChI=1S/C31H40N6O/c1-22(2)18-23-8-6-7-9-25(23)21-32-31-30-27(12-13-36(30)4)33-29(34-31)19-24-10-11-26(20-28(24)38-5)37-16-14-35(3)15-17-37/h6-13,20,22H,14-19,21H2,1-5H3,(H,32,33,34). The van der Waals surface area contributed by atoms with Gasteiger partial charge in [0.1, 0.15) is 17.1 Å². The number of nitrogens with zero attached hydrogens (tertiary/aromatic N) is 5. The third-order valence-corrected chi connectivity index (χ3v) is 7.45. The minimum absolute atomic E-state index is 0.607. The third kappa shape index (κ3) is 5.78. The fourth-order valence-electron chi connectivity index (χ4n) is 5.30. The maximum absolute atomic E-state index is 5.83. The van der Waals surface area contributed by atoms with Crippen LogP contribution in [-0.2, 0) is 26.4 Å². The highest BCUT2D eigenvalue weighted by atomic mass is 16.5. The van der Waals surface area contributed by atoms with Crippen molar-refractivity contribution in [3.8, 4) is 5.75 Å². The third-order valence-electron chi connectivity index (χ3n) is 7.45. The van der Waals surface area contributed by atoms with Gasteiger partial charge in [0.05, 0.1) is 12.6 Å². The number of rotatable bonds is 9. The lowest BCUT2D eigenvalue weighted by atomic mass is 9.98. The van der Waals surface area contributed by atoms with Crippen molar-refractivity contribution in [3.05, 3.63) is 77.2 Å². The molecule has 0 radical (unpaired) electrons. The van der Waals surface area contributed by atoms with E-state index >= 15 is 0 Å². The topological polar surface area (TPSA) is 58.5 Å². The predicted molar refractivity (Wildman–Crippen MR) is 156 cm³/mol. The van der Waals surface area contributed by atoms with E-state index in [1.807, 2.05) is 13.2 Å². The molecule has 4 aromatic rings. The summed E-state index contributed by atoms with van der Waals surface area (Å²) in [7, 11) is 5.97. The molecule has 1 aliphatic rings. The van der Waals surface area contributed by atoms with Crippen LogP contribution in [0, 0.1) is 5.92 Å². The first-order valence-corrected chi connectivity index (χ1v) is 13.6. The zero-order valence-corrected chi connectivity index (χ0v) is 23.4. The Balaban J connectivity index is 1.40. The monoisotopic (exact) mass is 512 g/mol. The van der Waals surface area contributed by atoms with Gasteiger partial charge in [0.15, 0.2) is 5.82 Å². The molecule has 1 saturated heterocycles. The van der Waals surface area contributed by atoms with E-state index in [-0.39, 0.29) is 0 Å². The van der Waals surface area contributed by atoms with Crippen LogP contribution in [0.2, 0.25) is 0 Å². The highest BCUT2D eigenvalue weighted by Crippen LogP contribution is 2.29. The number of fused-ring (bicyclic) bond motifs is 1. The number of benzene rings is 2. The Morgan fingerprint density at radius 1 is 0.921 bits per heavy atom. The number of aromatic nitrogens is 3. The van der Waals surface area contributed by atoms with Gasteiger partial charge in [-0.3, -0.25) is 0 Å². The number of nitrogens with one attached hydrogen (secondary N) is 1. The average Bonchev–Trinajstić information content (AvgIpc) is 3.29. The second-order valence-electron chi connectivity index (χ2n) is 10.8. The van der Waals surface area contributed by atoms with Crippen LogP contribution in [0.15, 0.2) is 54.7 Å². The summed E-state index contributed by atoms with van der Waals surface area (Å²) in [5.74, 6) is 3.14. The summed E-state index contributed by atoms with van der Waals surface area (Å²) in [5, 5.41) is 3.64. The van der Waals surface area contributed by atoms with E-state index in [0.717, 1.165) is 73.1 Å². The molecule has 0 aliphatic carbocycles. The van der Waals surface area contributed by atoms with Gasteiger partial charge in [-0.05, 0) is 42.6 Å². The molecule has 0 amide bonds. The predicted octanol–water partition coefficient (Wildman–Crippen LogP) is 5.13. The molecule has 200 valence electrons. The minimum Gasteiger partial charge on any atom is -0.496 e. The van der Waals surface area contributed by atoms with Gasteiger partial charge in [-0.25, -0.2) is 9.97 Å². The maximum atomic E-state index is 5.83. The lowest BCUT2D eigenvalue weighted by molar-refractivity contribution is 0.312. The average molecular weight is 513 g/mol. The molecule has 7 nitrogen and oxygen atoms in total. The van der Waals surface area contributed by atoms with Gasteiger partial charge in [-0.15, -0.1) is 0 Å². The molecule has 0 atom stereocenters. The zero-order chi connectivity index (χ0) is 26.6. The Morgan fingerprint density at radius 3 is 2.42 bits per heavy atom. The van der Waals surface area contributed by atoms with Gasteiger partial charge >= 0.3 is 0 Å². The first-order chi connectivity index (χ1) is 18.4. The molecular weight excluding hydrogens is 472 g/mol. The number of aryl methyl sites for hydroxylation is 1. The maximum Gasteiger partial charge on any atom is 0.154 e. The van der Waals surface area contributed by atoms with Gasteiger partial charge in [0.25, 0.3) is 0 Å². The first-order valence-electron chi connectivity index (χ1n) is 13.6. The number of methoxy groups -OCH3 is 1. The van der Waals surface area contributed by atoms with Crippen LogP contribution in [0.5, 0.6) is 5.75 Å². The number of anilines is 2. The van der Waals surface area contributed by atoms with E-state index in [0.29, 0.717) is 12.3 Å². The van der Waals surface area contributed by atoms with Gasteiger partial charge in [-0.1, -0.05) is 44.2 Å². The number of ether oxygens (including phenoxy) is 1.